The number of aromatic nitrogens is 2. The summed E-state index contributed by atoms with van der Waals surface area (Å²) in [5, 5.41) is 10.7. The molecule has 1 fully saturated rings. The molecule has 16 heavy (non-hydrogen) atoms. The van der Waals surface area contributed by atoms with Gasteiger partial charge in [0.05, 0.1) is 5.69 Å². The zero-order valence-corrected chi connectivity index (χ0v) is 10.4. The maximum atomic E-state index is 4.00. The molecular weight excluding hydrogens is 198 g/mol. The Balaban J connectivity index is 1.84. The molecule has 0 bridgehead atoms. The molecule has 1 heterocycles. The van der Waals surface area contributed by atoms with Gasteiger partial charge < -0.3 is 5.32 Å². The first-order chi connectivity index (χ1) is 7.77. The number of nitrogens with zero attached hydrogens (tertiary/aromatic N) is 1. The maximum Gasteiger partial charge on any atom is 0.0518 e. The first kappa shape index (κ1) is 11.6. The first-order valence-corrected chi connectivity index (χ1v) is 6.52. The average Bonchev–Trinajstić information content (AvgIpc) is 2.83. The number of hydrogen-bond donors (Lipinski definition) is 2. The Labute approximate surface area is 98.0 Å². The lowest BCUT2D eigenvalue weighted by atomic mass is 9.84. The van der Waals surface area contributed by atoms with Crippen molar-refractivity contribution in [2.24, 2.45) is 5.92 Å². The van der Waals surface area contributed by atoms with Crippen LogP contribution >= 0.6 is 0 Å². The zero-order chi connectivity index (χ0) is 11.4. The van der Waals surface area contributed by atoms with Gasteiger partial charge in [0.15, 0.2) is 0 Å². The molecule has 3 heteroatoms. The molecule has 1 aliphatic rings. The lowest BCUT2D eigenvalue weighted by Gasteiger charge is -2.30. The third-order valence-corrected chi connectivity index (χ3v) is 3.86. The first-order valence-electron chi connectivity index (χ1n) is 6.52. The Morgan fingerprint density at radius 2 is 2.06 bits per heavy atom. The van der Waals surface area contributed by atoms with Crippen molar-refractivity contribution < 1.29 is 0 Å². The molecule has 1 aromatic rings. The fourth-order valence-corrected chi connectivity index (χ4v) is 2.76. The van der Waals surface area contributed by atoms with Crippen molar-refractivity contribution in [3.63, 3.8) is 0 Å². The number of hydrogen-bond acceptors (Lipinski definition) is 2. The minimum absolute atomic E-state index is 0.374. The molecule has 2 N–H and O–H groups in total. The van der Waals surface area contributed by atoms with Gasteiger partial charge in [-0.25, -0.2) is 0 Å². The van der Waals surface area contributed by atoms with Gasteiger partial charge in [-0.15, -0.1) is 0 Å². The van der Waals surface area contributed by atoms with Crippen molar-refractivity contribution in [3.8, 4) is 0 Å². The van der Waals surface area contributed by atoms with Crippen LogP contribution in [0.1, 0.15) is 57.7 Å². The Morgan fingerprint density at radius 3 is 2.69 bits per heavy atom. The molecule has 1 aliphatic carbocycles. The minimum atomic E-state index is 0.374. The normalized spacial score (nSPS) is 21.9. The largest absolute Gasteiger partial charge is 0.306 e. The molecule has 0 aromatic carbocycles. The Kier molecular flexibility index (Phi) is 3.99. The van der Waals surface area contributed by atoms with Gasteiger partial charge in [-0.2, -0.15) is 5.10 Å². The summed E-state index contributed by atoms with van der Waals surface area (Å²) in [5.74, 6) is 0.860. The summed E-state index contributed by atoms with van der Waals surface area (Å²) >= 11 is 0. The minimum Gasteiger partial charge on any atom is -0.306 e. The fourth-order valence-electron chi connectivity index (χ4n) is 2.76. The van der Waals surface area contributed by atoms with Gasteiger partial charge in [0, 0.05) is 18.3 Å². The molecule has 2 rings (SSSR count). The molecule has 0 saturated heterocycles. The lowest BCUT2D eigenvalue weighted by Crippen LogP contribution is -2.36. The van der Waals surface area contributed by atoms with Crippen LogP contribution in [0.15, 0.2) is 12.3 Å². The van der Waals surface area contributed by atoms with Crippen molar-refractivity contribution in [1.82, 2.24) is 15.5 Å². The summed E-state index contributed by atoms with van der Waals surface area (Å²) in [6, 6.07) is 3.03. The Morgan fingerprint density at radius 1 is 1.31 bits per heavy atom. The van der Waals surface area contributed by atoms with Crippen LogP contribution in [0.5, 0.6) is 0 Å². The predicted octanol–water partition coefficient (Wildman–Crippen LogP) is 3.03. The topological polar surface area (TPSA) is 40.7 Å². The Hall–Kier alpha value is -0.830. The number of aromatic amines is 1. The molecule has 3 nitrogen and oxygen atoms in total. The molecule has 0 amide bonds. The molecular formula is C13H23N3. The van der Waals surface area contributed by atoms with E-state index in [9.17, 15) is 0 Å². The standard InChI is InChI=1S/C13H23N3/c1-10(12-6-4-3-5-7-12)15-11(2)13-8-9-14-16-13/h8-12,15H,3-7H2,1-2H3,(H,14,16)/t10-,11?/m1/s1. The maximum absolute atomic E-state index is 4.00. The van der Waals surface area contributed by atoms with Gasteiger partial charge in [-0.05, 0) is 38.7 Å². The highest BCUT2D eigenvalue weighted by Crippen LogP contribution is 2.27. The molecule has 0 aliphatic heterocycles. The monoisotopic (exact) mass is 221 g/mol. The van der Waals surface area contributed by atoms with Crippen molar-refractivity contribution in [1.29, 1.82) is 0 Å². The van der Waals surface area contributed by atoms with Gasteiger partial charge in [-0.3, -0.25) is 5.10 Å². The highest BCUT2D eigenvalue weighted by Gasteiger charge is 2.21. The average molecular weight is 221 g/mol. The molecule has 1 saturated carbocycles. The van der Waals surface area contributed by atoms with Gasteiger partial charge in [0.1, 0.15) is 0 Å². The number of nitrogens with one attached hydrogen (secondary N) is 2. The SMILES string of the molecule is CC(N[C@H](C)C1CCCCC1)c1ccn[nH]1. The third kappa shape index (κ3) is 2.85. The predicted molar refractivity (Wildman–Crippen MR) is 66.2 cm³/mol. The van der Waals surface area contributed by atoms with Crippen LogP contribution in [0.2, 0.25) is 0 Å². The van der Waals surface area contributed by atoms with E-state index < -0.39 is 0 Å². The van der Waals surface area contributed by atoms with Gasteiger partial charge >= 0.3 is 0 Å². The van der Waals surface area contributed by atoms with E-state index in [1.807, 2.05) is 12.3 Å². The van der Waals surface area contributed by atoms with E-state index in [1.165, 1.54) is 37.8 Å². The second-order valence-corrected chi connectivity index (χ2v) is 5.09. The van der Waals surface area contributed by atoms with Crippen LogP contribution in [0.4, 0.5) is 0 Å². The summed E-state index contributed by atoms with van der Waals surface area (Å²) < 4.78 is 0. The molecule has 90 valence electrons. The summed E-state index contributed by atoms with van der Waals surface area (Å²) in [4.78, 5) is 0. The van der Waals surface area contributed by atoms with Gasteiger partial charge in [0.2, 0.25) is 0 Å². The third-order valence-electron chi connectivity index (χ3n) is 3.86. The number of H-pyrrole nitrogens is 1. The molecule has 1 unspecified atom stereocenters. The highest BCUT2D eigenvalue weighted by molar-refractivity contribution is 5.03. The van der Waals surface area contributed by atoms with Crippen LogP contribution in [0, 0.1) is 5.92 Å². The Bertz CT molecular complexity index is 288. The second-order valence-electron chi connectivity index (χ2n) is 5.09. The van der Waals surface area contributed by atoms with Crippen LogP contribution in [-0.2, 0) is 0 Å². The number of rotatable bonds is 4. The van der Waals surface area contributed by atoms with Crippen LogP contribution in [0.3, 0.4) is 0 Å². The fraction of sp³-hybridized carbons (Fsp3) is 0.769. The molecule has 2 atom stereocenters. The van der Waals surface area contributed by atoms with E-state index in [2.05, 4.69) is 29.4 Å². The van der Waals surface area contributed by atoms with E-state index in [0.717, 1.165) is 5.92 Å². The molecule has 1 aromatic heterocycles. The van der Waals surface area contributed by atoms with Crippen molar-refractivity contribution in [2.75, 3.05) is 0 Å². The molecule has 0 radical (unpaired) electrons. The zero-order valence-electron chi connectivity index (χ0n) is 10.4. The van der Waals surface area contributed by atoms with Crippen molar-refractivity contribution >= 4 is 0 Å². The van der Waals surface area contributed by atoms with Gasteiger partial charge in [-0.1, -0.05) is 19.3 Å². The summed E-state index contributed by atoms with van der Waals surface area (Å²) in [5.41, 5.74) is 1.18. The highest BCUT2D eigenvalue weighted by atomic mass is 15.1. The quantitative estimate of drug-likeness (QED) is 0.820. The van der Waals surface area contributed by atoms with E-state index in [1.54, 1.807) is 0 Å². The summed E-state index contributed by atoms with van der Waals surface area (Å²) in [6.45, 7) is 4.52. The van der Waals surface area contributed by atoms with Crippen molar-refractivity contribution in [3.05, 3.63) is 18.0 Å². The smallest absolute Gasteiger partial charge is 0.0518 e. The van der Waals surface area contributed by atoms with Crippen molar-refractivity contribution in [2.45, 2.75) is 58.0 Å². The van der Waals surface area contributed by atoms with E-state index in [0.29, 0.717) is 12.1 Å². The van der Waals surface area contributed by atoms with Gasteiger partial charge in [0.25, 0.3) is 0 Å². The lowest BCUT2D eigenvalue weighted by molar-refractivity contribution is 0.267. The summed E-state index contributed by atoms with van der Waals surface area (Å²) in [7, 11) is 0. The van der Waals surface area contributed by atoms with Crippen LogP contribution in [0.25, 0.3) is 0 Å². The second kappa shape index (κ2) is 5.48. The van der Waals surface area contributed by atoms with E-state index in [4.69, 9.17) is 0 Å². The summed E-state index contributed by atoms with van der Waals surface area (Å²) in [6.07, 6.45) is 8.86. The molecule has 0 spiro atoms. The van der Waals surface area contributed by atoms with Crippen LogP contribution < -0.4 is 5.32 Å². The van der Waals surface area contributed by atoms with E-state index in [-0.39, 0.29) is 0 Å². The van der Waals surface area contributed by atoms with E-state index >= 15 is 0 Å². The van der Waals surface area contributed by atoms with Crippen LogP contribution in [-0.4, -0.2) is 16.2 Å².